The second-order valence-corrected chi connectivity index (χ2v) is 2.90. The highest BCUT2D eigenvalue weighted by Crippen LogP contribution is 2.08. The monoisotopic (exact) mass is 167 g/mol. The fraction of sp³-hybridized carbons (Fsp3) is 0.444. The van der Waals surface area contributed by atoms with E-state index < -0.39 is 0 Å². The average molecular weight is 167 g/mol. The van der Waals surface area contributed by atoms with Gasteiger partial charge < -0.3 is 10.1 Å². The van der Waals surface area contributed by atoms with Crippen molar-refractivity contribution in [3.63, 3.8) is 0 Å². The molecule has 0 saturated heterocycles. The van der Waals surface area contributed by atoms with E-state index in [9.17, 15) is 4.79 Å². The van der Waals surface area contributed by atoms with Gasteiger partial charge in [-0.1, -0.05) is 6.08 Å². The Labute approximate surface area is 72.1 Å². The third-order valence-electron chi connectivity index (χ3n) is 1.41. The molecule has 12 heavy (non-hydrogen) atoms. The molecule has 3 nitrogen and oxygen atoms in total. The van der Waals surface area contributed by atoms with Crippen LogP contribution in [0.3, 0.4) is 0 Å². The molecule has 0 unspecified atom stereocenters. The van der Waals surface area contributed by atoms with Crippen molar-refractivity contribution in [1.29, 1.82) is 0 Å². The topological polar surface area (TPSA) is 38.3 Å². The number of allylic oxidation sites excluding steroid dienone is 1. The number of hydrogen-bond acceptors (Lipinski definition) is 3. The maximum Gasteiger partial charge on any atom is 0.336 e. The van der Waals surface area contributed by atoms with Crippen LogP contribution in [0.1, 0.15) is 20.3 Å². The van der Waals surface area contributed by atoms with Crippen LogP contribution in [0.2, 0.25) is 0 Å². The van der Waals surface area contributed by atoms with Gasteiger partial charge in [-0.25, -0.2) is 4.79 Å². The van der Waals surface area contributed by atoms with Gasteiger partial charge in [0.1, 0.15) is 0 Å². The number of ether oxygens (including phenoxy) is 1. The number of nitrogens with one attached hydrogen (secondary N) is 1. The zero-order valence-electron chi connectivity index (χ0n) is 7.33. The van der Waals surface area contributed by atoms with Crippen LogP contribution in [-0.4, -0.2) is 12.1 Å². The van der Waals surface area contributed by atoms with Crippen LogP contribution < -0.4 is 5.32 Å². The Kier molecular flexibility index (Phi) is 2.91. The highest BCUT2D eigenvalue weighted by Gasteiger charge is 2.12. The normalized spacial score (nSPS) is 15.4. The molecule has 1 N–H and O–H groups in total. The van der Waals surface area contributed by atoms with E-state index >= 15 is 0 Å². The molecule has 66 valence electrons. The summed E-state index contributed by atoms with van der Waals surface area (Å²) in [7, 11) is 0. The van der Waals surface area contributed by atoms with Gasteiger partial charge in [-0.2, -0.15) is 0 Å². The molecule has 0 aromatic rings. The van der Waals surface area contributed by atoms with Gasteiger partial charge in [0.15, 0.2) is 0 Å². The zero-order valence-corrected chi connectivity index (χ0v) is 7.33. The molecule has 0 atom stereocenters. The van der Waals surface area contributed by atoms with Crippen LogP contribution >= 0.6 is 0 Å². The van der Waals surface area contributed by atoms with Gasteiger partial charge in [0.2, 0.25) is 0 Å². The summed E-state index contributed by atoms with van der Waals surface area (Å²) in [6.45, 7) is 3.68. The van der Waals surface area contributed by atoms with Crippen molar-refractivity contribution in [3.8, 4) is 0 Å². The van der Waals surface area contributed by atoms with Crippen molar-refractivity contribution in [3.05, 3.63) is 24.0 Å². The molecule has 0 radical (unpaired) electrons. The van der Waals surface area contributed by atoms with Crippen molar-refractivity contribution < 1.29 is 9.53 Å². The summed E-state index contributed by atoms with van der Waals surface area (Å²) in [5, 5.41) is 2.85. The lowest BCUT2D eigenvalue weighted by Crippen LogP contribution is -2.16. The Morgan fingerprint density at radius 2 is 2.42 bits per heavy atom. The van der Waals surface area contributed by atoms with Gasteiger partial charge in [0, 0.05) is 12.6 Å². The molecule has 3 heteroatoms. The second-order valence-electron chi connectivity index (χ2n) is 2.90. The van der Waals surface area contributed by atoms with Crippen LogP contribution in [-0.2, 0) is 9.53 Å². The molecule has 1 aliphatic rings. The Hall–Kier alpha value is -1.25. The molecule has 0 aromatic heterocycles. The van der Waals surface area contributed by atoms with Gasteiger partial charge >= 0.3 is 5.97 Å². The van der Waals surface area contributed by atoms with Crippen molar-refractivity contribution in [2.75, 3.05) is 0 Å². The van der Waals surface area contributed by atoms with E-state index in [2.05, 4.69) is 5.32 Å². The summed E-state index contributed by atoms with van der Waals surface area (Å²) in [6, 6.07) is 0. The minimum Gasteiger partial charge on any atom is -0.460 e. The zero-order chi connectivity index (χ0) is 8.97. The largest absolute Gasteiger partial charge is 0.460 e. The molecule has 1 rings (SSSR count). The molecule has 1 aliphatic heterocycles. The average Bonchev–Trinajstić information content (AvgIpc) is 2.05. The van der Waals surface area contributed by atoms with Crippen LogP contribution in [0.5, 0.6) is 0 Å². The molecule has 1 heterocycles. The first-order chi connectivity index (χ1) is 5.70. The molecule has 0 amide bonds. The van der Waals surface area contributed by atoms with Crippen LogP contribution in [0.4, 0.5) is 0 Å². The van der Waals surface area contributed by atoms with Crippen molar-refractivity contribution in [2.24, 2.45) is 0 Å². The lowest BCUT2D eigenvalue weighted by Gasteiger charge is -2.11. The van der Waals surface area contributed by atoms with Crippen LogP contribution in [0.25, 0.3) is 0 Å². The standard InChI is InChI=1S/C9H13NO2/c1-7(2)12-9(11)8-4-3-5-10-6-8/h3,5-7,10H,4H2,1-2H3. The number of carbonyl (C=O) groups excluding carboxylic acids is 1. The van der Waals surface area contributed by atoms with E-state index in [1.54, 1.807) is 12.4 Å². The summed E-state index contributed by atoms with van der Waals surface area (Å²) >= 11 is 0. The van der Waals surface area contributed by atoms with Gasteiger partial charge in [-0.3, -0.25) is 0 Å². The van der Waals surface area contributed by atoms with Gasteiger partial charge in [-0.15, -0.1) is 0 Å². The maximum atomic E-state index is 11.2. The predicted octanol–water partition coefficient (Wildman–Crippen LogP) is 1.33. The highest BCUT2D eigenvalue weighted by atomic mass is 16.5. The Bertz CT molecular complexity index is 229. The van der Waals surface area contributed by atoms with E-state index in [-0.39, 0.29) is 12.1 Å². The summed E-state index contributed by atoms with van der Waals surface area (Å²) in [4.78, 5) is 11.2. The quantitative estimate of drug-likeness (QED) is 0.630. The SMILES string of the molecule is CC(C)OC(=O)C1=CNC=CC1. The van der Waals surface area contributed by atoms with E-state index in [0.717, 1.165) is 0 Å². The highest BCUT2D eigenvalue weighted by molar-refractivity contribution is 5.88. The Morgan fingerprint density at radius 3 is 2.92 bits per heavy atom. The molecular formula is C9H13NO2. The third-order valence-corrected chi connectivity index (χ3v) is 1.41. The van der Waals surface area contributed by atoms with Gasteiger partial charge in [0.25, 0.3) is 0 Å². The van der Waals surface area contributed by atoms with Crippen molar-refractivity contribution in [1.82, 2.24) is 5.32 Å². The Morgan fingerprint density at radius 1 is 1.67 bits per heavy atom. The van der Waals surface area contributed by atoms with Crippen LogP contribution in [0.15, 0.2) is 24.0 Å². The van der Waals surface area contributed by atoms with E-state index in [1.807, 2.05) is 19.9 Å². The smallest absolute Gasteiger partial charge is 0.336 e. The number of carbonyl (C=O) groups is 1. The molecular weight excluding hydrogens is 154 g/mol. The number of rotatable bonds is 2. The number of esters is 1. The van der Waals surface area contributed by atoms with Crippen molar-refractivity contribution in [2.45, 2.75) is 26.4 Å². The molecule has 0 aromatic carbocycles. The second kappa shape index (κ2) is 3.95. The molecule has 0 spiro atoms. The van der Waals surface area contributed by atoms with Crippen LogP contribution in [0, 0.1) is 0 Å². The minimum atomic E-state index is -0.234. The van der Waals surface area contributed by atoms with E-state index in [4.69, 9.17) is 4.74 Å². The Balaban J connectivity index is 2.47. The van der Waals surface area contributed by atoms with Gasteiger partial charge in [0.05, 0.1) is 11.7 Å². The summed E-state index contributed by atoms with van der Waals surface area (Å²) in [6.07, 6.45) is 5.95. The minimum absolute atomic E-state index is 0.0516. The van der Waals surface area contributed by atoms with E-state index in [1.165, 1.54) is 0 Å². The summed E-state index contributed by atoms with van der Waals surface area (Å²) in [5.41, 5.74) is 0.672. The predicted molar refractivity (Wildman–Crippen MR) is 46.2 cm³/mol. The summed E-state index contributed by atoms with van der Waals surface area (Å²) in [5.74, 6) is -0.234. The summed E-state index contributed by atoms with van der Waals surface area (Å²) < 4.78 is 5.01. The fourth-order valence-electron chi connectivity index (χ4n) is 0.894. The molecule has 0 saturated carbocycles. The molecule has 0 fully saturated rings. The number of dihydropyridines is 1. The maximum absolute atomic E-state index is 11.2. The first kappa shape index (κ1) is 8.84. The lowest BCUT2D eigenvalue weighted by atomic mass is 10.2. The van der Waals surface area contributed by atoms with E-state index in [0.29, 0.717) is 12.0 Å². The first-order valence-electron chi connectivity index (χ1n) is 4.01. The van der Waals surface area contributed by atoms with Gasteiger partial charge in [-0.05, 0) is 20.0 Å². The van der Waals surface area contributed by atoms with Crippen molar-refractivity contribution >= 4 is 5.97 Å². The molecule has 0 bridgehead atoms. The fourth-order valence-corrected chi connectivity index (χ4v) is 0.894. The lowest BCUT2D eigenvalue weighted by molar-refractivity contribution is -0.142. The third kappa shape index (κ3) is 2.42. The first-order valence-corrected chi connectivity index (χ1v) is 4.01. The number of hydrogen-bond donors (Lipinski definition) is 1. The molecule has 0 aliphatic carbocycles.